The van der Waals surface area contributed by atoms with Gasteiger partial charge in [0.25, 0.3) is 0 Å². The maximum absolute atomic E-state index is 2.42. The van der Waals surface area contributed by atoms with Crippen LogP contribution in [0.3, 0.4) is 0 Å². The van der Waals surface area contributed by atoms with E-state index < -0.39 is 0 Å². The van der Waals surface area contributed by atoms with Gasteiger partial charge in [0.05, 0.1) is 0 Å². The molecule has 0 saturated heterocycles. The second-order valence-corrected chi connectivity index (χ2v) is 12.4. The molecule has 1 aromatic heterocycles. The second kappa shape index (κ2) is 11.9. The lowest BCUT2D eigenvalue weighted by atomic mass is 9.97. The number of unbranched alkanes of at least 4 members (excludes halogenated alkanes) is 6. The van der Waals surface area contributed by atoms with Gasteiger partial charge in [-0.15, -0.1) is 11.3 Å². The number of aryl methyl sites for hydroxylation is 2. The minimum absolute atomic E-state index is 1.19. The fourth-order valence-corrected chi connectivity index (χ4v) is 7.19. The molecule has 1 heteroatoms. The van der Waals surface area contributed by atoms with Gasteiger partial charge in [-0.1, -0.05) is 107 Å². The Labute approximate surface area is 237 Å². The Morgan fingerprint density at radius 2 is 0.974 bits per heavy atom. The minimum Gasteiger partial charge on any atom is -0.135 e. The molecule has 0 amide bonds. The van der Waals surface area contributed by atoms with Crippen LogP contribution in [0.4, 0.5) is 0 Å². The van der Waals surface area contributed by atoms with Crippen molar-refractivity contribution in [3.8, 4) is 11.1 Å². The molecular weight excluding hydrogens is 488 g/mol. The van der Waals surface area contributed by atoms with Crippen LogP contribution in [0.1, 0.15) is 76.3 Å². The summed E-state index contributed by atoms with van der Waals surface area (Å²) in [7, 11) is 0. The molecule has 0 nitrogen and oxygen atoms in total. The summed E-state index contributed by atoms with van der Waals surface area (Å²) in [6, 6.07) is 32.9. The molecule has 6 aromatic rings. The van der Waals surface area contributed by atoms with Crippen molar-refractivity contribution in [2.45, 2.75) is 78.1 Å². The number of fused-ring (bicyclic) bond motifs is 5. The first kappa shape index (κ1) is 26.1. The molecule has 0 spiro atoms. The van der Waals surface area contributed by atoms with Gasteiger partial charge in [0, 0.05) is 20.2 Å². The summed E-state index contributed by atoms with van der Waals surface area (Å²) in [6.07, 6.45) is 12.9. The van der Waals surface area contributed by atoms with Crippen molar-refractivity contribution in [2.75, 3.05) is 0 Å². The van der Waals surface area contributed by atoms with Crippen LogP contribution in [-0.2, 0) is 12.8 Å². The van der Waals surface area contributed by atoms with Gasteiger partial charge >= 0.3 is 0 Å². The lowest BCUT2D eigenvalue weighted by Crippen LogP contribution is -1.86. The number of rotatable bonds is 11. The molecule has 0 aliphatic carbocycles. The van der Waals surface area contributed by atoms with Crippen LogP contribution in [0.25, 0.3) is 52.8 Å². The number of thiophene rings is 1. The highest BCUT2D eigenvalue weighted by molar-refractivity contribution is 7.26. The molecule has 0 fully saturated rings. The summed E-state index contributed by atoms with van der Waals surface area (Å²) in [5, 5.41) is 8.15. The molecule has 0 bridgehead atoms. The van der Waals surface area contributed by atoms with Crippen LogP contribution in [0.2, 0.25) is 0 Å². The van der Waals surface area contributed by atoms with Crippen molar-refractivity contribution in [1.29, 1.82) is 0 Å². The average Bonchev–Trinajstić information content (AvgIpc) is 3.31. The van der Waals surface area contributed by atoms with E-state index in [1.807, 2.05) is 11.3 Å². The lowest BCUT2D eigenvalue weighted by Gasteiger charge is -2.07. The predicted octanol–water partition coefficient (Wildman–Crippen LogP) is 12.3. The third-order valence-corrected chi connectivity index (χ3v) is 9.49. The van der Waals surface area contributed by atoms with E-state index in [0.29, 0.717) is 0 Å². The normalized spacial score (nSPS) is 11.8. The number of benzene rings is 5. The second-order valence-electron chi connectivity index (χ2n) is 11.4. The summed E-state index contributed by atoms with van der Waals surface area (Å²) < 4.78 is 2.78. The molecule has 5 aromatic carbocycles. The molecule has 6 rings (SSSR count). The van der Waals surface area contributed by atoms with E-state index in [9.17, 15) is 0 Å². The van der Waals surface area contributed by atoms with E-state index in [0.717, 1.165) is 0 Å². The van der Waals surface area contributed by atoms with Gasteiger partial charge < -0.3 is 0 Å². The highest BCUT2D eigenvalue weighted by atomic mass is 32.1. The SMILES string of the molecule is CCCCCCc1ccc(-c2ccc3cc4c(cc3c2)sc2cc3cc(CCCCCC)ccc3cc24)cc1. The van der Waals surface area contributed by atoms with Crippen LogP contribution >= 0.6 is 11.3 Å². The first-order chi connectivity index (χ1) is 19.2. The fraction of sp³-hybridized carbons (Fsp3) is 0.316. The Kier molecular flexibility index (Phi) is 7.98. The van der Waals surface area contributed by atoms with Crippen molar-refractivity contribution in [2.24, 2.45) is 0 Å². The maximum Gasteiger partial charge on any atom is 0.0361 e. The van der Waals surface area contributed by atoms with Crippen molar-refractivity contribution < 1.29 is 0 Å². The molecule has 0 unspecified atom stereocenters. The van der Waals surface area contributed by atoms with Gasteiger partial charge in [-0.2, -0.15) is 0 Å². The van der Waals surface area contributed by atoms with Crippen LogP contribution in [-0.4, -0.2) is 0 Å². The van der Waals surface area contributed by atoms with E-state index in [2.05, 4.69) is 98.8 Å². The highest BCUT2D eigenvalue weighted by Crippen LogP contribution is 2.39. The van der Waals surface area contributed by atoms with Crippen LogP contribution in [0.5, 0.6) is 0 Å². The van der Waals surface area contributed by atoms with Crippen molar-refractivity contribution >= 4 is 53.1 Å². The molecule has 1 heterocycles. The van der Waals surface area contributed by atoms with E-state index in [4.69, 9.17) is 0 Å². The van der Waals surface area contributed by atoms with Crippen LogP contribution in [0, 0.1) is 0 Å². The predicted molar refractivity (Wildman–Crippen MR) is 175 cm³/mol. The molecule has 39 heavy (non-hydrogen) atoms. The highest BCUT2D eigenvalue weighted by Gasteiger charge is 2.10. The van der Waals surface area contributed by atoms with Crippen molar-refractivity contribution in [3.05, 3.63) is 96.1 Å². The molecule has 198 valence electrons. The molecule has 0 radical (unpaired) electrons. The van der Waals surface area contributed by atoms with Gasteiger partial charge in [-0.25, -0.2) is 0 Å². The molecule has 0 N–H and O–H groups in total. The van der Waals surface area contributed by atoms with Gasteiger partial charge in [0.1, 0.15) is 0 Å². The lowest BCUT2D eigenvalue weighted by molar-refractivity contribution is 0.667. The monoisotopic (exact) mass is 528 g/mol. The summed E-state index contributed by atoms with van der Waals surface area (Å²) in [6.45, 7) is 4.56. The summed E-state index contributed by atoms with van der Waals surface area (Å²) >= 11 is 1.94. The zero-order chi connectivity index (χ0) is 26.6. The van der Waals surface area contributed by atoms with Crippen LogP contribution < -0.4 is 0 Å². The zero-order valence-corrected chi connectivity index (χ0v) is 24.4. The van der Waals surface area contributed by atoms with Gasteiger partial charge in [-0.05, 0) is 99.8 Å². The third kappa shape index (κ3) is 5.75. The van der Waals surface area contributed by atoms with E-state index >= 15 is 0 Å². The smallest absolute Gasteiger partial charge is 0.0361 e. The topological polar surface area (TPSA) is 0 Å². The van der Waals surface area contributed by atoms with Gasteiger partial charge in [0.15, 0.2) is 0 Å². The summed E-state index contributed by atoms with van der Waals surface area (Å²) in [4.78, 5) is 0. The Morgan fingerprint density at radius 3 is 1.62 bits per heavy atom. The Hall–Kier alpha value is -3.16. The minimum atomic E-state index is 1.19. The number of hydrogen-bond acceptors (Lipinski definition) is 1. The molecular formula is C38H40S. The summed E-state index contributed by atoms with van der Waals surface area (Å²) in [5.74, 6) is 0. The quantitative estimate of drug-likeness (QED) is 0.147. The molecule has 0 atom stereocenters. The standard InChI is InChI=1S/C38H40S/c1-3-5-7-9-11-27-13-16-29(17-14-27)30-19-20-32-24-36-35-23-31-18-15-28(12-10-8-6-4-2)21-33(31)25-37(35)39-38(36)26-34(32)22-30/h13-26H,3-12H2,1-2H3. The third-order valence-electron chi connectivity index (χ3n) is 8.38. The number of hydrogen-bond donors (Lipinski definition) is 0. The first-order valence-corrected chi connectivity index (χ1v) is 16.0. The molecule has 0 aliphatic heterocycles. The molecule has 0 aliphatic rings. The Bertz CT molecular complexity index is 1720. The maximum atomic E-state index is 2.42. The van der Waals surface area contributed by atoms with E-state index in [1.54, 1.807) is 0 Å². The van der Waals surface area contributed by atoms with E-state index in [-0.39, 0.29) is 0 Å². The van der Waals surface area contributed by atoms with Gasteiger partial charge in [-0.3, -0.25) is 0 Å². The zero-order valence-electron chi connectivity index (χ0n) is 23.6. The molecule has 0 saturated carbocycles. The fourth-order valence-electron chi connectivity index (χ4n) is 6.02. The van der Waals surface area contributed by atoms with Crippen molar-refractivity contribution in [1.82, 2.24) is 0 Å². The summed E-state index contributed by atoms with van der Waals surface area (Å²) in [5.41, 5.74) is 5.54. The Morgan fingerprint density at radius 1 is 0.436 bits per heavy atom. The van der Waals surface area contributed by atoms with E-state index in [1.165, 1.54) is 128 Å². The average molecular weight is 529 g/mol. The van der Waals surface area contributed by atoms with Gasteiger partial charge in [0.2, 0.25) is 0 Å². The van der Waals surface area contributed by atoms with Crippen LogP contribution in [0.15, 0.2) is 84.9 Å². The Balaban J connectivity index is 1.28. The first-order valence-electron chi connectivity index (χ1n) is 15.1. The van der Waals surface area contributed by atoms with Crippen molar-refractivity contribution in [3.63, 3.8) is 0 Å². The largest absolute Gasteiger partial charge is 0.135 e.